The number of benzene rings is 1. The van der Waals surface area contributed by atoms with Gasteiger partial charge < -0.3 is 19.7 Å². The minimum atomic E-state index is -1.13. The summed E-state index contributed by atoms with van der Waals surface area (Å²) in [7, 11) is 0. The van der Waals surface area contributed by atoms with Crippen LogP contribution >= 0.6 is 11.6 Å². The molecule has 26 heavy (non-hydrogen) atoms. The Morgan fingerprint density at radius 1 is 1.35 bits per heavy atom. The highest BCUT2D eigenvalue weighted by molar-refractivity contribution is 6.34. The number of ether oxygens (including phenoxy) is 1. The number of hydrogen-bond acceptors (Lipinski definition) is 4. The molecule has 3 rings (SSSR count). The summed E-state index contributed by atoms with van der Waals surface area (Å²) in [4.78, 5) is 28.3. The van der Waals surface area contributed by atoms with Crippen molar-refractivity contribution in [2.24, 2.45) is 0 Å². The Labute approximate surface area is 155 Å². The highest BCUT2D eigenvalue weighted by Crippen LogP contribution is 2.23. The first-order valence-electron chi connectivity index (χ1n) is 8.49. The molecule has 0 spiro atoms. The van der Waals surface area contributed by atoms with Crippen molar-refractivity contribution < 1.29 is 19.4 Å². The molecule has 7 nitrogen and oxygen atoms in total. The van der Waals surface area contributed by atoms with Gasteiger partial charge in [0.25, 0.3) is 5.91 Å². The highest BCUT2D eigenvalue weighted by atomic mass is 35.5. The maximum Gasteiger partial charge on any atom is 0.326 e. The van der Waals surface area contributed by atoms with Crippen LogP contribution in [0.5, 0.6) is 5.75 Å². The fourth-order valence-electron chi connectivity index (χ4n) is 2.81. The van der Waals surface area contributed by atoms with Crippen LogP contribution < -0.4 is 10.1 Å². The average molecular weight is 378 g/mol. The number of amides is 1. The van der Waals surface area contributed by atoms with E-state index in [0.29, 0.717) is 18.1 Å². The van der Waals surface area contributed by atoms with E-state index in [2.05, 4.69) is 10.3 Å². The second kappa shape index (κ2) is 8.23. The van der Waals surface area contributed by atoms with E-state index >= 15 is 0 Å². The van der Waals surface area contributed by atoms with Crippen LogP contribution in [-0.4, -0.2) is 39.2 Å². The standard InChI is InChI=1S/C18H20ClN3O4/c19-15-5-4-13-9-14(15)17(23)21-16(18(24)25)8-12-10-22(11-20-12)6-2-1-3-7-26-13/h4-5,9-11,16H,1-3,6-8H2,(H,21,23)(H,24,25)/t16-/m0/s1. The van der Waals surface area contributed by atoms with Crippen LogP contribution in [0.1, 0.15) is 35.3 Å². The number of aryl methyl sites for hydroxylation is 1. The highest BCUT2D eigenvalue weighted by Gasteiger charge is 2.23. The fourth-order valence-corrected chi connectivity index (χ4v) is 3.01. The van der Waals surface area contributed by atoms with E-state index in [1.807, 2.05) is 10.8 Å². The van der Waals surface area contributed by atoms with Crippen LogP contribution in [-0.2, 0) is 17.8 Å². The molecule has 138 valence electrons. The lowest BCUT2D eigenvalue weighted by Gasteiger charge is -2.15. The number of fused-ring (bicyclic) bond motifs is 4. The van der Waals surface area contributed by atoms with Gasteiger partial charge in [0.05, 0.1) is 29.2 Å². The third-order valence-electron chi connectivity index (χ3n) is 4.22. The predicted octanol–water partition coefficient (Wildman–Crippen LogP) is 2.52. The Morgan fingerprint density at radius 3 is 3.00 bits per heavy atom. The summed E-state index contributed by atoms with van der Waals surface area (Å²) in [6.07, 6.45) is 6.47. The Morgan fingerprint density at radius 2 is 2.19 bits per heavy atom. The molecule has 0 fully saturated rings. The number of aromatic nitrogens is 2. The summed E-state index contributed by atoms with van der Waals surface area (Å²) in [5, 5.41) is 12.2. The Hall–Kier alpha value is -2.54. The van der Waals surface area contributed by atoms with Crippen molar-refractivity contribution in [2.45, 2.75) is 38.3 Å². The first kappa shape index (κ1) is 18.3. The van der Waals surface area contributed by atoms with E-state index in [1.165, 1.54) is 6.07 Å². The van der Waals surface area contributed by atoms with Gasteiger partial charge in [-0.1, -0.05) is 11.6 Å². The summed E-state index contributed by atoms with van der Waals surface area (Å²) in [6, 6.07) is 3.71. The van der Waals surface area contributed by atoms with Gasteiger partial charge >= 0.3 is 5.97 Å². The van der Waals surface area contributed by atoms with Gasteiger partial charge in [-0.25, -0.2) is 9.78 Å². The van der Waals surface area contributed by atoms with Gasteiger partial charge in [0.15, 0.2) is 0 Å². The Balaban J connectivity index is 1.87. The number of aliphatic carboxylic acids is 1. The molecule has 2 aromatic rings. The maximum atomic E-state index is 12.5. The molecule has 8 heteroatoms. The summed E-state index contributed by atoms with van der Waals surface area (Å²) in [5.74, 6) is -1.15. The molecule has 1 atom stereocenters. The van der Waals surface area contributed by atoms with E-state index in [1.54, 1.807) is 18.5 Å². The molecule has 0 unspecified atom stereocenters. The Bertz CT molecular complexity index is 805. The van der Waals surface area contributed by atoms with Crippen molar-refractivity contribution in [3.63, 3.8) is 0 Å². The largest absolute Gasteiger partial charge is 0.494 e. The minimum absolute atomic E-state index is 0.0991. The van der Waals surface area contributed by atoms with Crippen LogP contribution in [0, 0.1) is 0 Å². The Kier molecular flexibility index (Phi) is 5.78. The molecular weight excluding hydrogens is 358 g/mol. The molecule has 1 aromatic heterocycles. The zero-order valence-corrected chi connectivity index (χ0v) is 14.9. The van der Waals surface area contributed by atoms with Crippen molar-refractivity contribution in [2.75, 3.05) is 6.61 Å². The number of nitrogens with zero attached hydrogens (tertiary/aromatic N) is 2. The number of nitrogens with one attached hydrogen (secondary N) is 1. The van der Waals surface area contributed by atoms with Crippen LogP contribution in [0.25, 0.3) is 0 Å². The number of halogens is 1. The van der Waals surface area contributed by atoms with Crippen LogP contribution in [0.2, 0.25) is 5.02 Å². The molecule has 1 aliphatic rings. The fraction of sp³-hybridized carbons (Fsp3) is 0.389. The molecule has 0 radical (unpaired) electrons. The summed E-state index contributed by atoms with van der Waals surface area (Å²) < 4.78 is 7.61. The summed E-state index contributed by atoms with van der Waals surface area (Å²) in [6.45, 7) is 1.35. The molecule has 1 aromatic carbocycles. The van der Waals surface area contributed by atoms with Crippen molar-refractivity contribution in [3.05, 3.63) is 47.0 Å². The third kappa shape index (κ3) is 4.54. The lowest BCUT2D eigenvalue weighted by Crippen LogP contribution is -2.42. The molecule has 1 amide bonds. The molecule has 2 N–H and O–H groups in total. The quantitative estimate of drug-likeness (QED) is 0.796. The smallest absolute Gasteiger partial charge is 0.326 e. The van der Waals surface area contributed by atoms with Gasteiger partial charge in [-0.2, -0.15) is 0 Å². The normalized spacial score (nSPS) is 18.7. The topological polar surface area (TPSA) is 93.5 Å². The van der Waals surface area contributed by atoms with Crippen molar-refractivity contribution in [1.82, 2.24) is 14.9 Å². The van der Waals surface area contributed by atoms with Gasteiger partial charge in [-0.05, 0) is 37.5 Å². The van der Waals surface area contributed by atoms with Gasteiger partial charge in [0.1, 0.15) is 11.8 Å². The molecule has 1 aliphatic heterocycles. The van der Waals surface area contributed by atoms with E-state index in [-0.39, 0.29) is 17.0 Å². The van der Waals surface area contributed by atoms with Crippen molar-refractivity contribution in [1.29, 1.82) is 0 Å². The van der Waals surface area contributed by atoms with Crippen molar-refractivity contribution >= 4 is 23.5 Å². The summed E-state index contributed by atoms with van der Waals surface area (Å²) in [5.41, 5.74) is 0.806. The second-order valence-electron chi connectivity index (χ2n) is 6.22. The lowest BCUT2D eigenvalue weighted by molar-refractivity contribution is -0.139. The SMILES string of the molecule is O=C1N[C@H](C(=O)O)Cc2cn(cn2)CCCCCOc2ccc(Cl)c1c2. The number of carbonyl (C=O) groups is 2. The number of rotatable bonds is 1. The zero-order valence-electron chi connectivity index (χ0n) is 14.2. The zero-order chi connectivity index (χ0) is 18.5. The second-order valence-corrected chi connectivity index (χ2v) is 6.63. The van der Waals surface area contributed by atoms with Crippen LogP contribution in [0.3, 0.4) is 0 Å². The van der Waals surface area contributed by atoms with E-state index in [4.69, 9.17) is 16.3 Å². The molecule has 0 aliphatic carbocycles. The molecule has 4 bridgehead atoms. The third-order valence-corrected chi connectivity index (χ3v) is 4.54. The average Bonchev–Trinajstić information content (AvgIpc) is 3.05. The summed E-state index contributed by atoms with van der Waals surface area (Å²) >= 11 is 6.11. The number of carbonyl (C=O) groups excluding carboxylic acids is 1. The minimum Gasteiger partial charge on any atom is -0.494 e. The van der Waals surface area contributed by atoms with Gasteiger partial charge in [-0.15, -0.1) is 0 Å². The van der Waals surface area contributed by atoms with Gasteiger partial charge in [-0.3, -0.25) is 4.79 Å². The van der Waals surface area contributed by atoms with E-state index in [9.17, 15) is 14.7 Å². The predicted molar refractivity (Wildman–Crippen MR) is 95.6 cm³/mol. The van der Waals surface area contributed by atoms with E-state index in [0.717, 1.165) is 25.8 Å². The van der Waals surface area contributed by atoms with Crippen LogP contribution in [0.4, 0.5) is 0 Å². The maximum absolute atomic E-state index is 12.5. The monoisotopic (exact) mass is 377 g/mol. The number of hydrogen-bond donors (Lipinski definition) is 2. The lowest BCUT2D eigenvalue weighted by atomic mass is 10.1. The van der Waals surface area contributed by atoms with Gasteiger partial charge in [0, 0.05) is 19.2 Å². The van der Waals surface area contributed by atoms with Gasteiger partial charge in [0.2, 0.25) is 0 Å². The number of carboxylic acid groups (broad SMARTS) is 1. The van der Waals surface area contributed by atoms with Crippen LogP contribution in [0.15, 0.2) is 30.7 Å². The number of imidazole rings is 1. The van der Waals surface area contributed by atoms with Crippen molar-refractivity contribution in [3.8, 4) is 5.75 Å². The molecule has 2 heterocycles. The molecule has 0 saturated carbocycles. The number of carboxylic acids is 1. The molecular formula is C18H20ClN3O4. The van der Waals surface area contributed by atoms with E-state index < -0.39 is 17.9 Å². The molecule has 0 saturated heterocycles. The first-order valence-corrected chi connectivity index (χ1v) is 8.87. The first-order chi connectivity index (χ1) is 12.5.